The fourth-order valence-corrected chi connectivity index (χ4v) is 12.3. The summed E-state index contributed by atoms with van der Waals surface area (Å²) in [7, 11) is 0.793. The Bertz CT molecular complexity index is 1270. The van der Waals surface area contributed by atoms with Gasteiger partial charge in [0.2, 0.25) is 0 Å². The van der Waals surface area contributed by atoms with E-state index in [-0.39, 0.29) is 35.4 Å². The van der Waals surface area contributed by atoms with Crippen LogP contribution in [0.25, 0.3) is 0 Å². The largest absolute Gasteiger partial charge is 0.407 e. The van der Waals surface area contributed by atoms with Crippen molar-refractivity contribution in [1.82, 2.24) is 0 Å². The van der Waals surface area contributed by atoms with Crippen LogP contribution in [0.5, 0.6) is 0 Å². The SMILES string of the molecule is COC(CC[C@H](C)CCC[C@H](C)C(O)C[C@H](C(C)C)[C@@H](CCCO[Si](c1ccccc1)(c1ccccc1)C(C)(C)C)OCc1ccccc1)OC. The Morgan fingerprint density at radius 1 is 0.667 bits per heavy atom. The second-order valence-corrected chi connectivity index (χ2v) is 20.5. The molecular weight excluding hydrogens is 649 g/mol. The topological polar surface area (TPSA) is 57.2 Å². The Kier molecular flexibility index (Phi) is 18.6. The van der Waals surface area contributed by atoms with Gasteiger partial charge in [-0.15, -0.1) is 0 Å². The van der Waals surface area contributed by atoms with Gasteiger partial charge in [-0.25, -0.2) is 0 Å². The maximum absolute atomic E-state index is 11.6. The zero-order valence-electron chi connectivity index (χ0n) is 33.4. The first-order chi connectivity index (χ1) is 24.4. The highest BCUT2D eigenvalue weighted by Crippen LogP contribution is 2.37. The standard InChI is InChI=1S/C45H70O5Si/c1-35(2)41(33-42(46)37(4)22-19-21-36(3)30-31-44(47-8)48-9)43(49-34-38-23-13-10-14-24-38)29-20-32-50-51(45(5,6)7,39-25-15-11-16-26-39)40-27-17-12-18-28-40/h10-18,23-28,35-37,41-44,46H,19-22,29-34H2,1-9H3/t36-,37+,41-,42?,43-/m1/s1. The first kappa shape index (κ1) is 43.1. The van der Waals surface area contributed by atoms with Crippen LogP contribution in [0.15, 0.2) is 91.0 Å². The number of aliphatic hydroxyl groups excluding tert-OH is 1. The number of methoxy groups -OCH3 is 2. The molecule has 0 aromatic heterocycles. The summed E-state index contributed by atoms with van der Waals surface area (Å²) in [6.45, 7) is 17.3. The molecule has 0 heterocycles. The first-order valence-electron chi connectivity index (χ1n) is 19.6. The molecule has 6 heteroatoms. The second kappa shape index (κ2) is 22.0. The van der Waals surface area contributed by atoms with E-state index in [1.807, 2.05) is 0 Å². The van der Waals surface area contributed by atoms with Crippen molar-refractivity contribution in [3.05, 3.63) is 96.6 Å². The molecule has 5 nitrogen and oxygen atoms in total. The van der Waals surface area contributed by atoms with E-state index in [1.54, 1.807) is 14.2 Å². The number of ether oxygens (including phenoxy) is 3. The van der Waals surface area contributed by atoms with E-state index in [9.17, 15) is 5.11 Å². The highest BCUT2D eigenvalue weighted by atomic mass is 28.4. The molecule has 1 N–H and O–H groups in total. The summed E-state index contributed by atoms with van der Waals surface area (Å²) in [4.78, 5) is 0. The zero-order chi connectivity index (χ0) is 37.3. The van der Waals surface area contributed by atoms with Gasteiger partial charge in [-0.3, -0.25) is 0 Å². The molecule has 0 saturated heterocycles. The number of rotatable bonds is 24. The Balaban J connectivity index is 1.71. The van der Waals surface area contributed by atoms with Gasteiger partial charge < -0.3 is 23.7 Å². The van der Waals surface area contributed by atoms with Gasteiger partial charge in [0.05, 0.1) is 18.8 Å². The summed E-state index contributed by atoms with van der Waals surface area (Å²) in [5, 5.41) is 14.1. The van der Waals surface area contributed by atoms with E-state index in [2.05, 4.69) is 139 Å². The molecule has 3 rings (SSSR count). The van der Waals surface area contributed by atoms with Crippen LogP contribution in [0.3, 0.4) is 0 Å². The van der Waals surface area contributed by atoms with Crippen LogP contribution < -0.4 is 10.4 Å². The highest BCUT2D eigenvalue weighted by Gasteiger charge is 2.50. The van der Waals surface area contributed by atoms with Crippen molar-refractivity contribution in [2.24, 2.45) is 23.7 Å². The maximum atomic E-state index is 11.6. The van der Waals surface area contributed by atoms with E-state index in [1.165, 1.54) is 15.9 Å². The van der Waals surface area contributed by atoms with Crippen LogP contribution >= 0.6 is 0 Å². The van der Waals surface area contributed by atoms with Crippen molar-refractivity contribution >= 4 is 18.7 Å². The van der Waals surface area contributed by atoms with E-state index in [0.717, 1.165) is 51.4 Å². The van der Waals surface area contributed by atoms with E-state index in [4.69, 9.17) is 18.6 Å². The molecule has 0 aliphatic rings. The molecule has 3 aromatic carbocycles. The first-order valence-corrected chi connectivity index (χ1v) is 21.5. The van der Waals surface area contributed by atoms with Crippen LogP contribution in [-0.4, -0.2) is 52.7 Å². The Morgan fingerprint density at radius 2 is 1.22 bits per heavy atom. The van der Waals surface area contributed by atoms with Gasteiger partial charge in [-0.05, 0) is 83.2 Å². The number of hydrogen-bond donors (Lipinski definition) is 1. The molecule has 5 atom stereocenters. The molecule has 0 fully saturated rings. The van der Waals surface area contributed by atoms with Crippen LogP contribution in [0, 0.1) is 23.7 Å². The van der Waals surface area contributed by atoms with Gasteiger partial charge in [-0.2, -0.15) is 0 Å². The van der Waals surface area contributed by atoms with Gasteiger partial charge >= 0.3 is 0 Å². The lowest BCUT2D eigenvalue weighted by Gasteiger charge is -2.43. The Morgan fingerprint density at radius 3 is 1.73 bits per heavy atom. The third-order valence-corrected chi connectivity index (χ3v) is 16.0. The predicted octanol–water partition coefficient (Wildman–Crippen LogP) is 9.79. The smallest absolute Gasteiger partial charge is 0.261 e. The molecule has 1 unspecified atom stereocenters. The van der Waals surface area contributed by atoms with Crippen LogP contribution in [0.2, 0.25) is 5.04 Å². The summed E-state index contributed by atoms with van der Waals surface area (Å²) in [5.41, 5.74) is 1.18. The predicted molar refractivity (Wildman–Crippen MR) is 216 cm³/mol. The minimum Gasteiger partial charge on any atom is -0.407 e. The van der Waals surface area contributed by atoms with Gasteiger partial charge in [-0.1, -0.05) is 152 Å². The number of benzene rings is 3. The highest BCUT2D eigenvalue weighted by molar-refractivity contribution is 6.99. The lowest BCUT2D eigenvalue weighted by molar-refractivity contribution is -0.108. The molecule has 51 heavy (non-hydrogen) atoms. The van der Waals surface area contributed by atoms with Crippen LogP contribution in [-0.2, 0) is 25.2 Å². The number of hydrogen-bond acceptors (Lipinski definition) is 5. The fraction of sp³-hybridized carbons (Fsp3) is 0.600. The maximum Gasteiger partial charge on any atom is 0.261 e. The summed E-state index contributed by atoms with van der Waals surface area (Å²) >= 11 is 0. The molecule has 3 aromatic rings. The average Bonchev–Trinajstić information content (AvgIpc) is 3.13. The summed E-state index contributed by atoms with van der Waals surface area (Å²) < 4.78 is 24.8. The third kappa shape index (κ3) is 13.2. The molecule has 0 aliphatic heterocycles. The molecule has 0 spiro atoms. The van der Waals surface area contributed by atoms with Gasteiger partial charge in [0.15, 0.2) is 6.29 Å². The minimum absolute atomic E-state index is 0.0179. The third-order valence-electron chi connectivity index (χ3n) is 11.0. The van der Waals surface area contributed by atoms with E-state index in [0.29, 0.717) is 25.0 Å². The van der Waals surface area contributed by atoms with Crippen molar-refractivity contribution in [3.8, 4) is 0 Å². The van der Waals surface area contributed by atoms with Crippen LogP contribution in [0.1, 0.15) is 105 Å². The Labute approximate surface area is 312 Å². The average molecular weight is 719 g/mol. The molecule has 0 saturated carbocycles. The quantitative estimate of drug-likeness (QED) is 0.0568. The minimum atomic E-state index is -2.61. The lowest BCUT2D eigenvalue weighted by atomic mass is 9.80. The van der Waals surface area contributed by atoms with Gasteiger partial charge in [0, 0.05) is 20.8 Å². The summed E-state index contributed by atoms with van der Waals surface area (Å²) in [6, 6.07) is 32.2. The summed E-state index contributed by atoms with van der Waals surface area (Å²) in [6.07, 6.45) is 7.33. The lowest BCUT2D eigenvalue weighted by Crippen LogP contribution is -2.66. The number of aliphatic hydroxyl groups is 1. The molecular formula is C45H70O5Si. The van der Waals surface area contributed by atoms with Gasteiger partial charge in [0.25, 0.3) is 8.32 Å². The van der Waals surface area contributed by atoms with Crippen molar-refractivity contribution in [1.29, 1.82) is 0 Å². The Hall–Kier alpha value is -2.32. The van der Waals surface area contributed by atoms with Crippen molar-refractivity contribution < 1.29 is 23.7 Å². The second-order valence-electron chi connectivity index (χ2n) is 16.2. The van der Waals surface area contributed by atoms with Gasteiger partial charge in [0.1, 0.15) is 0 Å². The monoisotopic (exact) mass is 718 g/mol. The molecule has 284 valence electrons. The van der Waals surface area contributed by atoms with E-state index < -0.39 is 8.32 Å². The van der Waals surface area contributed by atoms with Crippen molar-refractivity contribution in [2.45, 2.75) is 130 Å². The molecule has 0 radical (unpaired) electrons. The van der Waals surface area contributed by atoms with Crippen LogP contribution in [0.4, 0.5) is 0 Å². The molecule has 0 aliphatic carbocycles. The van der Waals surface area contributed by atoms with Crippen molar-refractivity contribution in [2.75, 3.05) is 20.8 Å². The van der Waals surface area contributed by atoms with E-state index >= 15 is 0 Å². The zero-order valence-corrected chi connectivity index (χ0v) is 34.4. The van der Waals surface area contributed by atoms with Crippen molar-refractivity contribution in [3.63, 3.8) is 0 Å². The molecule has 0 bridgehead atoms. The summed E-state index contributed by atoms with van der Waals surface area (Å²) in [5.74, 6) is 1.45. The molecule has 0 amide bonds. The normalized spacial score (nSPS) is 15.5. The fourth-order valence-electron chi connectivity index (χ4n) is 7.71.